The Hall–Kier alpha value is -4.11. The highest BCUT2D eigenvalue weighted by molar-refractivity contribution is 8.00. The van der Waals surface area contributed by atoms with Gasteiger partial charge in [-0.1, -0.05) is 61.4 Å². The van der Waals surface area contributed by atoms with Crippen molar-refractivity contribution in [2.45, 2.75) is 43.0 Å². The summed E-state index contributed by atoms with van der Waals surface area (Å²) in [6.07, 6.45) is 4.20. The third kappa shape index (κ3) is 6.90. The lowest BCUT2D eigenvalue weighted by molar-refractivity contribution is -0.136. The van der Waals surface area contributed by atoms with Gasteiger partial charge in [0.15, 0.2) is 6.61 Å². The number of benzene rings is 3. The molecule has 1 saturated carbocycles. The van der Waals surface area contributed by atoms with Gasteiger partial charge in [-0.2, -0.15) is 0 Å². The second-order valence-corrected chi connectivity index (χ2v) is 11.0. The third-order valence-corrected chi connectivity index (χ3v) is 8.12. The maximum atomic E-state index is 13.6. The highest BCUT2D eigenvalue weighted by Gasteiger charge is 2.32. The van der Waals surface area contributed by atoms with Crippen LogP contribution in [0.25, 0.3) is 0 Å². The molecule has 1 heterocycles. The van der Waals surface area contributed by atoms with E-state index in [-0.39, 0.29) is 36.0 Å². The number of amides is 2. The summed E-state index contributed by atoms with van der Waals surface area (Å²) in [5, 5.41) is 17.9. The fourth-order valence-corrected chi connectivity index (χ4v) is 5.88. The molecule has 2 N–H and O–H groups in total. The van der Waals surface area contributed by atoms with Gasteiger partial charge >= 0.3 is 5.97 Å². The molecule has 0 aromatic heterocycles. The predicted octanol–water partition coefficient (Wildman–Crippen LogP) is 5.50. The molecule has 0 saturated heterocycles. The summed E-state index contributed by atoms with van der Waals surface area (Å²) in [7, 11) is 0. The second kappa shape index (κ2) is 12.8. The summed E-state index contributed by atoms with van der Waals surface area (Å²) in [5.74, 6) is -0.848. The number of carbonyl (C=O) groups excluding carboxylic acids is 2. The van der Waals surface area contributed by atoms with Gasteiger partial charge in [0.05, 0.1) is 18.2 Å². The number of carboxylic acid groups (broad SMARTS) is 1. The number of aliphatic carboxylic acids is 1. The lowest BCUT2D eigenvalue weighted by Crippen LogP contribution is -2.36. The number of carbonyl (C=O) groups is 3. The first-order valence-electron chi connectivity index (χ1n) is 13.4. The van der Waals surface area contributed by atoms with Crippen molar-refractivity contribution in [3.05, 3.63) is 95.6 Å². The second-order valence-electron chi connectivity index (χ2n) is 9.97. The van der Waals surface area contributed by atoms with E-state index in [1.807, 2.05) is 78.9 Å². The van der Waals surface area contributed by atoms with Crippen LogP contribution in [0.4, 0.5) is 5.69 Å². The van der Waals surface area contributed by atoms with Gasteiger partial charge in [-0.25, -0.2) is 5.01 Å². The molecule has 5 rings (SSSR count). The van der Waals surface area contributed by atoms with Gasteiger partial charge in [-0.3, -0.25) is 14.4 Å². The summed E-state index contributed by atoms with van der Waals surface area (Å²) in [6.45, 7) is 0.242. The summed E-state index contributed by atoms with van der Waals surface area (Å²) >= 11 is 1.22. The monoisotopic (exact) mass is 557 g/mol. The number of thioether (sulfide) groups is 1. The molecule has 3 aromatic carbocycles. The number of hydrogen-bond donors (Lipinski definition) is 2. The van der Waals surface area contributed by atoms with Gasteiger partial charge in [0.2, 0.25) is 11.8 Å². The van der Waals surface area contributed by atoms with E-state index in [2.05, 4.69) is 10.4 Å². The molecule has 9 heteroatoms. The zero-order valence-electron chi connectivity index (χ0n) is 22.0. The topological polar surface area (TPSA) is 108 Å². The number of anilines is 1. The first kappa shape index (κ1) is 27.5. The Balaban J connectivity index is 1.30. The van der Waals surface area contributed by atoms with Crippen molar-refractivity contribution in [3.8, 4) is 0 Å². The van der Waals surface area contributed by atoms with Gasteiger partial charge in [0, 0.05) is 16.1 Å². The standard InChI is InChI=1S/C31H31N3O5S/c35-27-19-39-31(24-9-2-1-3-10-24)33-34(27)18-21-13-15-23(16-14-21)29(22-7-4-5-8-22)30(38)32-25-11-6-12-26(17-25)40-20-28(36)37/h1-3,6,9-17,22,29H,4-5,7-8,18-20H2,(H,32,38)(H,36,37). The smallest absolute Gasteiger partial charge is 0.313 e. The molecule has 1 unspecified atom stereocenters. The Labute approximate surface area is 237 Å². The molecule has 1 aliphatic carbocycles. The molecule has 0 bridgehead atoms. The number of hydrazone groups is 1. The van der Waals surface area contributed by atoms with Crippen LogP contribution in [0.5, 0.6) is 0 Å². The number of carboxylic acids is 1. The van der Waals surface area contributed by atoms with Gasteiger partial charge in [-0.15, -0.1) is 16.9 Å². The average Bonchev–Trinajstić information content (AvgIpc) is 3.49. The van der Waals surface area contributed by atoms with Crippen LogP contribution < -0.4 is 5.32 Å². The molecule has 0 radical (unpaired) electrons. The minimum Gasteiger partial charge on any atom is -0.481 e. The summed E-state index contributed by atoms with van der Waals surface area (Å²) in [5.41, 5.74) is 3.31. The van der Waals surface area contributed by atoms with Crippen molar-refractivity contribution >= 4 is 41.1 Å². The minimum absolute atomic E-state index is 0.0383. The number of rotatable bonds is 10. The van der Waals surface area contributed by atoms with E-state index in [1.54, 1.807) is 0 Å². The van der Waals surface area contributed by atoms with Crippen molar-refractivity contribution in [1.29, 1.82) is 0 Å². The van der Waals surface area contributed by atoms with Crippen LogP contribution in [-0.2, 0) is 25.7 Å². The van der Waals surface area contributed by atoms with Gasteiger partial charge < -0.3 is 15.2 Å². The van der Waals surface area contributed by atoms with Crippen molar-refractivity contribution < 1.29 is 24.2 Å². The van der Waals surface area contributed by atoms with Crippen LogP contribution in [-0.4, -0.2) is 46.2 Å². The first-order valence-corrected chi connectivity index (χ1v) is 14.4. The number of nitrogens with one attached hydrogen (secondary N) is 1. The molecular formula is C31H31N3O5S. The predicted molar refractivity (Wildman–Crippen MR) is 154 cm³/mol. The van der Waals surface area contributed by atoms with Crippen LogP contribution in [0.1, 0.15) is 48.3 Å². The average molecular weight is 558 g/mol. The van der Waals surface area contributed by atoms with E-state index in [4.69, 9.17) is 9.84 Å². The Kier molecular flexibility index (Phi) is 8.81. The van der Waals surface area contributed by atoms with Gasteiger partial charge in [-0.05, 0) is 60.2 Å². The SMILES string of the molecule is O=C(O)CSc1cccc(NC(=O)C(c2ccc(CN3N=C(c4ccccc4)OCC3=O)cc2)C2CCCC2)c1. The zero-order valence-corrected chi connectivity index (χ0v) is 22.8. The van der Waals surface area contributed by atoms with E-state index < -0.39 is 5.97 Å². The Morgan fingerprint density at radius 3 is 2.50 bits per heavy atom. The largest absolute Gasteiger partial charge is 0.481 e. The molecule has 1 fully saturated rings. The van der Waals surface area contributed by atoms with E-state index >= 15 is 0 Å². The maximum Gasteiger partial charge on any atom is 0.313 e. The Morgan fingerprint density at radius 2 is 1.77 bits per heavy atom. The lowest BCUT2D eigenvalue weighted by atomic mass is 9.83. The van der Waals surface area contributed by atoms with Crippen LogP contribution in [0, 0.1) is 5.92 Å². The fourth-order valence-electron chi connectivity index (χ4n) is 5.20. The highest BCUT2D eigenvalue weighted by atomic mass is 32.2. The van der Waals surface area contributed by atoms with E-state index in [9.17, 15) is 14.4 Å². The summed E-state index contributed by atoms with van der Waals surface area (Å²) < 4.78 is 5.55. The van der Waals surface area contributed by atoms with Gasteiger partial charge in [0.1, 0.15) is 0 Å². The zero-order chi connectivity index (χ0) is 27.9. The van der Waals surface area contributed by atoms with E-state index in [1.165, 1.54) is 16.8 Å². The van der Waals surface area contributed by atoms with Crippen LogP contribution in [0.3, 0.4) is 0 Å². The fraction of sp³-hybridized carbons (Fsp3) is 0.290. The van der Waals surface area contributed by atoms with Crippen molar-refractivity contribution in [3.63, 3.8) is 0 Å². The molecule has 2 aliphatic rings. The van der Waals surface area contributed by atoms with Crippen molar-refractivity contribution in [2.75, 3.05) is 17.7 Å². The van der Waals surface area contributed by atoms with Crippen LogP contribution in [0.15, 0.2) is 88.9 Å². The summed E-state index contributed by atoms with van der Waals surface area (Å²) in [4.78, 5) is 37.8. The number of nitrogens with zero attached hydrogens (tertiary/aromatic N) is 2. The van der Waals surface area contributed by atoms with Crippen molar-refractivity contribution in [1.82, 2.24) is 5.01 Å². The molecule has 8 nitrogen and oxygen atoms in total. The molecule has 206 valence electrons. The first-order chi connectivity index (χ1) is 19.5. The lowest BCUT2D eigenvalue weighted by Gasteiger charge is -2.25. The van der Waals surface area contributed by atoms with Crippen LogP contribution >= 0.6 is 11.8 Å². The van der Waals surface area contributed by atoms with Gasteiger partial charge in [0.25, 0.3) is 5.91 Å². The third-order valence-electron chi connectivity index (χ3n) is 7.14. The molecule has 40 heavy (non-hydrogen) atoms. The minimum atomic E-state index is -0.884. The molecular weight excluding hydrogens is 526 g/mol. The molecule has 1 atom stereocenters. The molecule has 3 aromatic rings. The molecule has 1 aliphatic heterocycles. The van der Waals surface area contributed by atoms with Crippen LogP contribution in [0.2, 0.25) is 0 Å². The normalized spacial score (nSPS) is 16.2. The number of ether oxygens (including phenoxy) is 1. The Bertz CT molecular complexity index is 1390. The van der Waals surface area contributed by atoms with E-state index in [0.29, 0.717) is 18.1 Å². The molecule has 2 amide bonds. The quantitative estimate of drug-likeness (QED) is 0.319. The van der Waals surface area contributed by atoms with E-state index in [0.717, 1.165) is 47.3 Å². The summed E-state index contributed by atoms with van der Waals surface area (Å²) in [6, 6.07) is 24.6. The number of hydrogen-bond acceptors (Lipinski definition) is 6. The highest BCUT2D eigenvalue weighted by Crippen LogP contribution is 2.38. The van der Waals surface area contributed by atoms with Crippen molar-refractivity contribution in [2.24, 2.45) is 11.0 Å². The molecule has 0 spiro atoms. The Morgan fingerprint density at radius 1 is 1.02 bits per heavy atom. The maximum absolute atomic E-state index is 13.6.